The summed E-state index contributed by atoms with van der Waals surface area (Å²) in [5.41, 5.74) is 8.75. The number of urea groups is 1. The highest BCUT2D eigenvalue weighted by Crippen LogP contribution is 2.68. The van der Waals surface area contributed by atoms with E-state index in [-0.39, 0.29) is 5.41 Å². The van der Waals surface area contributed by atoms with E-state index in [4.69, 9.17) is 5.73 Å². The van der Waals surface area contributed by atoms with Crippen LogP contribution in [0, 0.1) is 34.5 Å². The largest absolute Gasteiger partial charge is 0.389 e. The monoisotopic (exact) mass is 375 g/mol. The van der Waals surface area contributed by atoms with Crippen LogP contribution < -0.4 is 11.2 Å². The number of hydrazone groups is 1. The molecule has 0 aromatic heterocycles. The molecule has 0 heterocycles. The lowest BCUT2D eigenvalue weighted by molar-refractivity contribution is -0.147. The summed E-state index contributed by atoms with van der Waals surface area (Å²) in [6.07, 6.45) is 11.2. The molecule has 5 heteroatoms. The van der Waals surface area contributed by atoms with E-state index in [2.05, 4.69) is 31.3 Å². The highest BCUT2D eigenvalue weighted by Gasteiger charge is 2.63. The lowest BCUT2D eigenvalue weighted by atomic mass is 9.44. The van der Waals surface area contributed by atoms with E-state index < -0.39 is 11.6 Å². The van der Waals surface area contributed by atoms with Gasteiger partial charge in [-0.25, -0.2) is 10.2 Å². The van der Waals surface area contributed by atoms with Crippen LogP contribution >= 0.6 is 0 Å². The molecule has 0 bridgehead atoms. The third-order valence-electron chi connectivity index (χ3n) is 9.73. The van der Waals surface area contributed by atoms with Crippen molar-refractivity contribution in [2.45, 2.75) is 90.6 Å². The summed E-state index contributed by atoms with van der Waals surface area (Å²) in [6, 6.07) is -0.573. The minimum absolute atomic E-state index is 0.110. The molecule has 0 saturated heterocycles. The number of fused-ring (bicyclic) bond motifs is 5. The Morgan fingerprint density at radius 3 is 2.63 bits per heavy atom. The zero-order chi connectivity index (χ0) is 19.4. The molecule has 0 aromatic carbocycles. The van der Waals surface area contributed by atoms with E-state index in [0.29, 0.717) is 17.3 Å². The second kappa shape index (κ2) is 6.47. The van der Waals surface area contributed by atoms with Gasteiger partial charge in [0.25, 0.3) is 0 Å². The number of hydrogen-bond acceptors (Lipinski definition) is 3. The van der Waals surface area contributed by atoms with E-state index in [1.807, 2.05) is 0 Å². The van der Waals surface area contributed by atoms with Crippen molar-refractivity contribution < 1.29 is 9.90 Å². The Morgan fingerprint density at radius 1 is 1.19 bits per heavy atom. The minimum Gasteiger partial charge on any atom is -0.389 e. The van der Waals surface area contributed by atoms with Gasteiger partial charge in [-0.1, -0.05) is 20.8 Å². The number of aliphatic hydroxyl groups is 1. The molecule has 152 valence electrons. The predicted octanol–water partition coefficient (Wildman–Crippen LogP) is 4.19. The van der Waals surface area contributed by atoms with Crippen molar-refractivity contribution in [3.05, 3.63) is 0 Å². The molecule has 7 atom stereocenters. The van der Waals surface area contributed by atoms with Gasteiger partial charge in [0.05, 0.1) is 5.60 Å². The standard InChI is InChI=1S/C22H37N3O2/c1-4-22(27)12-9-18-16-6-5-14-13-15(24-25-19(23)26)7-10-20(14,2)17(16)8-11-21(18,22)3/h14,16-18,27H,4-13H2,1-3H3,(H3,23,25,26)/b24-15+/t14?,16?,17?,18?,20-,21-,22-/m0/s1. The fraction of sp³-hybridized carbons (Fsp3) is 0.909. The summed E-state index contributed by atoms with van der Waals surface area (Å²) >= 11 is 0. The summed E-state index contributed by atoms with van der Waals surface area (Å²) in [5.74, 6) is 2.90. The molecule has 4 aliphatic rings. The first-order valence-corrected chi connectivity index (χ1v) is 11.1. The van der Waals surface area contributed by atoms with Crippen LogP contribution in [0.2, 0.25) is 0 Å². The van der Waals surface area contributed by atoms with Gasteiger partial charge in [0.15, 0.2) is 0 Å². The molecular formula is C22H37N3O2. The molecule has 0 aromatic rings. The van der Waals surface area contributed by atoms with Gasteiger partial charge in [-0.2, -0.15) is 5.10 Å². The smallest absolute Gasteiger partial charge is 0.332 e. The van der Waals surface area contributed by atoms with Crippen molar-refractivity contribution in [2.75, 3.05) is 0 Å². The molecule has 4 N–H and O–H groups in total. The average Bonchev–Trinajstić information content (AvgIpc) is 2.91. The number of primary amides is 1. The maximum atomic E-state index is 11.3. The minimum atomic E-state index is -0.573. The van der Waals surface area contributed by atoms with Crippen molar-refractivity contribution >= 4 is 11.7 Å². The lowest BCUT2D eigenvalue weighted by Crippen LogP contribution is -2.56. The highest BCUT2D eigenvalue weighted by atomic mass is 16.3. The van der Waals surface area contributed by atoms with Crippen molar-refractivity contribution in [1.29, 1.82) is 0 Å². The van der Waals surface area contributed by atoms with Crippen LogP contribution in [0.4, 0.5) is 4.79 Å². The summed E-state index contributed by atoms with van der Waals surface area (Å²) in [7, 11) is 0. The Balaban J connectivity index is 1.54. The van der Waals surface area contributed by atoms with Gasteiger partial charge in [0.1, 0.15) is 0 Å². The predicted molar refractivity (Wildman–Crippen MR) is 107 cm³/mol. The van der Waals surface area contributed by atoms with E-state index in [9.17, 15) is 9.90 Å². The molecule has 0 aliphatic heterocycles. The third-order valence-corrected chi connectivity index (χ3v) is 9.73. The fourth-order valence-corrected chi connectivity index (χ4v) is 7.99. The average molecular weight is 376 g/mol. The van der Waals surface area contributed by atoms with Gasteiger partial charge < -0.3 is 10.8 Å². The van der Waals surface area contributed by atoms with E-state index in [0.717, 1.165) is 43.2 Å². The molecular weight excluding hydrogens is 338 g/mol. The third kappa shape index (κ3) is 2.75. The molecule has 0 spiro atoms. The number of nitrogens with zero attached hydrogens (tertiary/aromatic N) is 1. The second-order valence-electron chi connectivity index (χ2n) is 10.4. The van der Waals surface area contributed by atoms with E-state index >= 15 is 0 Å². The molecule has 4 rings (SSSR count). The van der Waals surface area contributed by atoms with Gasteiger partial charge in [0.2, 0.25) is 0 Å². The number of carbonyl (C=O) groups is 1. The second-order valence-corrected chi connectivity index (χ2v) is 10.4. The van der Waals surface area contributed by atoms with Crippen LogP contribution in [0.5, 0.6) is 0 Å². The number of nitrogens with two attached hydrogens (primary N) is 1. The van der Waals surface area contributed by atoms with E-state index in [1.54, 1.807) is 0 Å². The topological polar surface area (TPSA) is 87.7 Å². The summed E-state index contributed by atoms with van der Waals surface area (Å²) < 4.78 is 0. The first-order valence-electron chi connectivity index (χ1n) is 11.1. The Kier molecular flexibility index (Phi) is 4.60. The molecule has 0 radical (unpaired) electrons. The summed E-state index contributed by atoms with van der Waals surface area (Å²) in [6.45, 7) is 7.08. The van der Waals surface area contributed by atoms with Crippen molar-refractivity contribution in [2.24, 2.45) is 45.3 Å². The number of carbonyl (C=O) groups excluding carboxylic acids is 1. The quantitative estimate of drug-likeness (QED) is 0.632. The highest BCUT2D eigenvalue weighted by molar-refractivity contribution is 5.87. The maximum Gasteiger partial charge on any atom is 0.332 e. The zero-order valence-corrected chi connectivity index (χ0v) is 17.3. The SMILES string of the molecule is CC[C@]1(O)CCC2C3CCC4C/C(=N/NC(N)=O)CC[C@]4(C)C3CC[C@@]21C. The summed E-state index contributed by atoms with van der Waals surface area (Å²) in [5, 5.41) is 15.6. The normalized spacial score (nSPS) is 50.6. The van der Waals surface area contributed by atoms with Crippen molar-refractivity contribution in [3.8, 4) is 0 Å². The maximum absolute atomic E-state index is 11.3. The first kappa shape index (κ1) is 19.2. The molecule has 4 fully saturated rings. The molecule has 5 nitrogen and oxygen atoms in total. The van der Waals surface area contributed by atoms with Crippen LogP contribution in [0.15, 0.2) is 5.10 Å². The Morgan fingerprint density at radius 2 is 1.93 bits per heavy atom. The summed E-state index contributed by atoms with van der Waals surface area (Å²) in [4.78, 5) is 11.0. The van der Waals surface area contributed by atoms with Gasteiger partial charge in [0, 0.05) is 5.71 Å². The first-order chi connectivity index (χ1) is 12.7. The van der Waals surface area contributed by atoms with Gasteiger partial charge in [-0.3, -0.25) is 0 Å². The number of hydrogen-bond donors (Lipinski definition) is 3. The Hall–Kier alpha value is -1.10. The van der Waals surface area contributed by atoms with Crippen molar-refractivity contribution in [1.82, 2.24) is 5.43 Å². The van der Waals surface area contributed by atoms with Gasteiger partial charge in [-0.05, 0) is 98.7 Å². The van der Waals surface area contributed by atoms with Crippen LogP contribution in [-0.4, -0.2) is 22.5 Å². The van der Waals surface area contributed by atoms with Crippen molar-refractivity contribution in [3.63, 3.8) is 0 Å². The lowest BCUT2D eigenvalue weighted by Gasteiger charge is -2.61. The fourth-order valence-electron chi connectivity index (χ4n) is 7.99. The number of amides is 2. The number of nitrogens with one attached hydrogen (secondary N) is 1. The van der Waals surface area contributed by atoms with Crippen LogP contribution in [0.25, 0.3) is 0 Å². The van der Waals surface area contributed by atoms with Crippen LogP contribution in [0.1, 0.15) is 85.0 Å². The van der Waals surface area contributed by atoms with Crippen LogP contribution in [-0.2, 0) is 0 Å². The van der Waals surface area contributed by atoms with E-state index in [1.165, 1.54) is 38.5 Å². The molecule has 4 saturated carbocycles. The zero-order valence-electron chi connectivity index (χ0n) is 17.3. The van der Waals surface area contributed by atoms with Crippen LogP contribution in [0.3, 0.4) is 0 Å². The molecule has 4 aliphatic carbocycles. The van der Waals surface area contributed by atoms with Gasteiger partial charge >= 0.3 is 6.03 Å². The number of rotatable bonds is 2. The molecule has 2 amide bonds. The Bertz CT molecular complexity index is 649. The Labute approximate surface area is 163 Å². The van der Waals surface area contributed by atoms with Gasteiger partial charge in [-0.15, -0.1) is 0 Å². The molecule has 4 unspecified atom stereocenters. The molecule has 27 heavy (non-hydrogen) atoms.